The van der Waals surface area contributed by atoms with Crippen molar-refractivity contribution >= 4 is 31.9 Å². The quantitative estimate of drug-likeness (QED) is 0.552. The zero-order chi connectivity index (χ0) is 22.1. The molecule has 0 heterocycles. The van der Waals surface area contributed by atoms with Gasteiger partial charge in [-0.1, -0.05) is 12.1 Å². The zero-order valence-electron chi connectivity index (χ0n) is 17.6. The van der Waals surface area contributed by atoms with Crippen molar-refractivity contribution in [3.8, 4) is 5.75 Å². The average molecular weight is 495 g/mol. The van der Waals surface area contributed by atoms with Gasteiger partial charge in [0.15, 0.2) is 0 Å². The topological polar surface area (TPSA) is 66.9 Å². The normalized spacial score (nSPS) is 15.1. The molecule has 0 spiro atoms. The predicted molar refractivity (Wildman–Crippen MR) is 120 cm³/mol. The van der Waals surface area contributed by atoms with Crippen LogP contribution in [0.25, 0.3) is 0 Å². The molecule has 1 saturated carbocycles. The molecule has 2 aromatic rings. The maximum Gasteiger partial charge on any atom is 0.254 e. The highest BCUT2D eigenvalue weighted by Gasteiger charge is 2.35. The monoisotopic (exact) mass is 494 g/mol. The summed E-state index contributed by atoms with van der Waals surface area (Å²) >= 11 is 3.31. The van der Waals surface area contributed by atoms with Crippen molar-refractivity contribution in [3.05, 3.63) is 58.1 Å². The van der Waals surface area contributed by atoms with Crippen LogP contribution in [-0.4, -0.2) is 50.8 Å². The lowest BCUT2D eigenvalue weighted by Crippen LogP contribution is -2.39. The van der Waals surface area contributed by atoms with Gasteiger partial charge in [-0.25, -0.2) is 12.7 Å². The number of ether oxygens (including phenoxy) is 1. The molecule has 2 aromatic carbocycles. The molecule has 1 aliphatic rings. The summed E-state index contributed by atoms with van der Waals surface area (Å²) in [7, 11) is 0.887. The first kappa shape index (κ1) is 22.8. The molecule has 0 aliphatic heterocycles. The summed E-state index contributed by atoms with van der Waals surface area (Å²) in [4.78, 5) is 15.4. The fourth-order valence-corrected chi connectivity index (χ4v) is 5.20. The number of carbonyl (C=O) groups excluding carboxylic acids is 1. The molecule has 0 N–H and O–H groups in total. The minimum atomic E-state index is -3.68. The highest BCUT2D eigenvalue weighted by atomic mass is 79.9. The van der Waals surface area contributed by atoms with Crippen LogP contribution in [0.5, 0.6) is 5.75 Å². The second-order valence-corrected chi connectivity index (χ2v) is 10.8. The second kappa shape index (κ2) is 9.08. The standard InChI is InChI=1S/C22H27BrN2O4S/c1-15(17-7-8-17)25(14-16-5-10-19(29-4)11-6-16)22(26)18-9-12-20(23)21(13-18)30(27,28)24(2)3/h5-6,9-13,15,17H,7-8,14H2,1-4H3. The van der Waals surface area contributed by atoms with Crippen molar-refractivity contribution in [3.63, 3.8) is 0 Å². The van der Waals surface area contributed by atoms with E-state index in [4.69, 9.17) is 4.74 Å². The Morgan fingerprint density at radius 3 is 2.33 bits per heavy atom. The Morgan fingerprint density at radius 2 is 1.80 bits per heavy atom. The van der Waals surface area contributed by atoms with E-state index in [1.54, 1.807) is 19.2 Å². The summed E-state index contributed by atoms with van der Waals surface area (Å²) in [6, 6.07) is 12.5. The molecule has 1 fully saturated rings. The number of benzene rings is 2. The van der Waals surface area contributed by atoms with E-state index in [2.05, 4.69) is 22.9 Å². The van der Waals surface area contributed by atoms with Crippen molar-refractivity contribution in [1.29, 1.82) is 0 Å². The van der Waals surface area contributed by atoms with Gasteiger partial charge in [0, 0.05) is 36.7 Å². The van der Waals surface area contributed by atoms with Gasteiger partial charge in [-0.15, -0.1) is 0 Å². The highest BCUT2D eigenvalue weighted by molar-refractivity contribution is 9.10. The highest BCUT2D eigenvalue weighted by Crippen LogP contribution is 2.36. The zero-order valence-corrected chi connectivity index (χ0v) is 20.0. The molecule has 0 radical (unpaired) electrons. The van der Waals surface area contributed by atoms with Crippen molar-refractivity contribution in [2.75, 3.05) is 21.2 Å². The van der Waals surface area contributed by atoms with E-state index in [0.717, 1.165) is 28.5 Å². The summed E-state index contributed by atoms with van der Waals surface area (Å²) in [6.45, 7) is 2.52. The first-order valence-electron chi connectivity index (χ1n) is 9.81. The van der Waals surface area contributed by atoms with E-state index in [1.165, 1.54) is 20.2 Å². The van der Waals surface area contributed by atoms with Crippen LogP contribution in [0.3, 0.4) is 0 Å². The van der Waals surface area contributed by atoms with E-state index in [0.29, 0.717) is 22.5 Å². The van der Waals surface area contributed by atoms with E-state index >= 15 is 0 Å². The smallest absolute Gasteiger partial charge is 0.254 e. The Kier molecular flexibility index (Phi) is 6.89. The lowest BCUT2D eigenvalue weighted by Gasteiger charge is -2.30. The fraction of sp³-hybridized carbons (Fsp3) is 0.409. The number of amides is 1. The van der Waals surface area contributed by atoms with Gasteiger partial charge < -0.3 is 9.64 Å². The Bertz CT molecular complexity index is 1020. The third-order valence-corrected chi connectivity index (χ3v) is 8.31. The van der Waals surface area contributed by atoms with Gasteiger partial charge in [-0.2, -0.15) is 0 Å². The summed E-state index contributed by atoms with van der Waals surface area (Å²) in [5.74, 6) is 1.07. The Labute approximate surface area is 187 Å². The largest absolute Gasteiger partial charge is 0.497 e. The maximum absolute atomic E-state index is 13.5. The van der Waals surface area contributed by atoms with Crippen LogP contribution in [-0.2, 0) is 16.6 Å². The van der Waals surface area contributed by atoms with Crippen LogP contribution in [0.15, 0.2) is 51.8 Å². The summed E-state index contributed by atoms with van der Waals surface area (Å²) in [5, 5.41) is 0. The molecular formula is C22H27BrN2O4S. The minimum Gasteiger partial charge on any atom is -0.497 e. The summed E-state index contributed by atoms with van der Waals surface area (Å²) in [5.41, 5.74) is 1.36. The average Bonchev–Trinajstić information content (AvgIpc) is 3.57. The number of sulfonamides is 1. The van der Waals surface area contributed by atoms with Gasteiger partial charge in [-0.05, 0) is 77.5 Å². The number of hydrogen-bond donors (Lipinski definition) is 0. The van der Waals surface area contributed by atoms with Gasteiger partial charge in [0.1, 0.15) is 5.75 Å². The van der Waals surface area contributed by atoms with Crippen molar-refractivity contribution in [1.82, 2.24) is 9.21 Å². The molecule has 1 unspecified atom stereocenters. The van der Waals surface area contributed by atoms with Gasteiger partial charge in [-0.3, -0.25) is 4.79 Å². The number of hydrogen-bond acceptors (Lipinski definition) is 4. The molecule has 8 heteroatoms. The van der Waals surface area contributed by atoms with Gasteiger partial charge in [0.2, 0.25) is 10.0 Å². The lowest BCUT2D eigenvalue weighted by molar-refractivity contribution is 0.0654. The van der Waals surface area contributed by atoms with Crippen molar-refractivity contribution in [2.24, 2.45) is 5.92 Å². The van der Waals surface area contributed by atoms with E-state index < -0.39 is 10.0 Å². The molecule has 1 atom stereocenters. The second-order valence-electron chi connectivity index (χ2n) is 7.79. The number of methoxy groups -OCH3 is 1. The molecule has 0 bridgehead atoms. The molecular weight excluding hydrogens is 468 g/mol. The molecule has 1 amide bonds. The lowest BCUT2D eigenvalue weighted by atomic mass is 10.1. The number of carbonyl (C=O) groups is 1. The van der Waals surface area contributed by atoms with E-state index in [9.17, 15) is 13.2 Å². The Morgan fingerprint density at radius 1 is 1.17 bits per heavy atom. The van der Waals surface area contributed by atoms with Crippen molar-refractivity contribution < 1.29 is 17.9 Å². The molecule has 0 saturated heterocycles. The number of rotatable bonds is 8. The third-order valence-electron chi connectivity index (χ3n) is 5.51. The number of nitrogens with zero attached hydrogens (tertiary/aromatic N) is 2. The van der Waals surface area contributed by atoms with Crippen LogP contribution in [0.1, 0.15) is 35.7 Å². The van der Waals surface area contributed by atoms with Crippen LogP contribution in [0.4, 0.5) is 0 Å². The van der Waals surface area contributed by atoms with Gasteiger partial charge in [0.25, 0.3) is 5.91 Å². The number of halogens is 1. The maximum atomic E-state index is 13.5. The Hall–Kier alpha value is -1.90. The summed E-state index contributed by atoms with van der Waals surface area (Å²) < 4.78 is 32.1. The van der Waals surface area contributed by atoms with Gasteiger partial charge in [0.05, 0.1) is 12.0 Å². The summed E-state index contributed by atoms with van der Waals surface area (Å²) in [6.07, 6.45) is 2.21. The third kappa shape index (κ3) is 4.87. The van der Waals surface area contributed by atoms with Crippen LogP contribution in [0.2, 0.25) is 0 Å². The SMILES string of the molecule is COc1ccc(CN(C(=O)c2ccc(Br)c(S(=O)(=O)N(C)C)c2)C(C)C2CC2)cc1. The van der Waals surface area contributed by atoms with Crippen LogP contribution in [0, 0.1) is 5.92 Å². The van der Waals surface area contributed by atoms with E-state index in [-0.39, 0.29) is 16.8 Å². The molecule has 162 valence electrons. The van der Waals surface area contributed by atoms with E-state index in [1.807, 2.05) is 29.2 Å². The molecule has 0 aromatic heterocycles. The Balaban J connectivity index is 1.94. The molecule has 6 nitrogen and oxygen atoms in total. The van der Waals surface area contributed by atoms with Crippen molar-refractivity contribution in [2.45, 2.75) is 37.2 Å². The van der Waals surface area contributed by atoms with Crippen LogP contribution >= 0.6 is 15.9 Å². The first-order chi connectivity index (χ1) is 14.1. The fourth-order valence-electron chi connectivity index (χ4n) is 3.36. The molecule has 3 rings (SSSR count). The molecule has 1 aliphatic carbocycles. The van der Waals surface area contributed by atoms with Crippen LogP contribution < -0.4 is 4.74 Å². The van der Waals surface area contributed by atoms with Gasteiger partial charge >= 0.3 is 0 Å². The predicted octanol–water partition coefficient (Wildman–Crippen LogP) is 4.15. The molecule has 30 heavy (non-hydrogen) atoms. The first-order valence-corrected chi connectivity index (χ1v) is 12.0. The minimum absolute atomic E-state index is 0.0668.